The average Bonchev–Trinajstić information content (AvgIpc) is 3.03. The monoisotopic (exact) mass is 430 g/mol. The lowest BCUT2D eigenvalue weighted by Crippen LogP contribution is -2.31. The van der Waals surface area contributed by atoms with Gasteiger partial charge in [-0.3, -0.25) is 0 Å². The molecule has 0 fully saturated rings. The van der Waals surface area contributed by atoms with E-state index in [1.54, 1.807) is 11.8 Å². The zero-order valence-electron chi connectivity index (χ0n) is 16.9. The SMILES string of the molecule is CCSc1ccc(-c2ccccc2)nc1-c1nc2c(n1C)CN(C)C(C(F)(F)F)=C2. The largest absolute Gasteiger partial charge is 0.431 e. The van der Waals surface area contributed by atoms with Crippen LogP contribution in [-0.4, -0.2) is 38.4 Å². The number of hydrogen-bond donors (Lipinski definition) is 0. The van der Waals surface area contributed by atoms with E-state index in [0.29, 0.717) is 17.2 Å². The number of halogens is 3. The molecule has 0 saturated heterocycles. The third kappa shape index (κ3) is 3.71. The predicted octanol–water partition coefficient (Wildman–Crippen LogP) is 5.61. The van der Waals surface area contributed by atoms with E-state index in [9.17, 15) is 13.2 Å². The van der Waals surface area contributed by atoms with Gasteiger partial charge in [-0.25, -0.2) is 9.97 Å². The van der Waals surface area contributed by atoms with Crippen molar-refractivity contribution in [3.05, 3.63) is 59.5 Å². The van der Waals surface area contributed by atoms with Crippen molar-refractivity contribution in [1.82, 2.24) is 19.4 Å². The molecule has 30 heavy (non-hydrogen) atoms. The molecule has 1 aliphatic heterocycles. The van der Waals surface area contributed by atoms with E-state index >= 15 is 0 Å². The second-order valence-corrected chi connectivity index (χ2v) is 8.36. The highest BCUT2D eigenvalue weighted by molar-refractivity contribution is 7.99. The molecule has 0 unspecified atom stereocenters. The summed E-state index contributed by atoms with van der Waals surface area (Å²) < 4.78 is 41.9. The van der Waals surface area contributed by atoms with Crippen LogP contribution in [0.3, 0.4) is 0 Å². The minimum absolute atomic E-state index is 0.138. The molecule has 1 aliphatic rings. The van der Waals surface area contributed by atoms with Gasteiger partial charge < -0.3 is 9.47 Å². The Morgan fingerprint density at radius 1 is 1.03 bits per heavy atom. The third-order valence-corrected chi connectivity index (χ3v) is 5.98. The Morgan fingerprint density at radius 3 is 2.43 bits per heavy atom. The first-order chi connectivity index (χ1) is 14.3. The van der Waals surface area contributed by atoms with E-state index in [1.807, 2.05) is 54.1 Å². The van der Waals surface area contributed by atoms with Crippen LogP contribution in [0.5, 0.6) is 0 Å². The zero-order chi connectivity index (χ0) is 21.5. The summed E-state index contributed by atoms with van der Waals surface area (Å²) in [5.74, 6) is 1.42. The van der Waals surface area contributed by atoms with Crippen LogP contribution in [0.4, 0.5) is 13.2 Å². The molecule has 0 aliphatic carbocycles. The lowest BCUT2D eigenvalue weighted by molar-refractivity contribution is -0.109. The molecule has 4 nitrogen and oxygen atoms in total. The Labute approximate surface area is 177 Å². The average molecular weight is 430 g/mol. The first-order valence-corrected chi connectivity index (χ1v) is 10.5. The summed E-state index contributed by atoms with van der Waals surface area (Å²) in [4.78, 5) is 11.6. The van der Waals surface area contributed by atoms with Crippen molar-refractivity contribution in [1.29, 1.82) is 0 Å². The maximum atomic E-state index is 13.4. The highest BCUT2D eigenvalue weighted by atomic mass is 32.2. The molecule has 1 aromatic carbocycles. The van der Waals surface area contributed by atoms with E-state index in [-0.39, 0.29) is 6.54 Å². The van der Waals surface area contributed by atoms with Gasteiger partial charge in [0.05, 0.1) is 23.6 Å². The van der Waals surface area contributed by atoms with Gasteiger partial charge in [-0.15, -0.1) is 11.8 Å². The lowest BCUT2D eigenvalue weighted by atomic mass is 10.1. The molecule has 0 amide bonds. The molecule has 3 heterocycles. The van der Waals surface area contributed by atoms with Crippen LogP contribution in [0.2, 0.25) is 0 Å². The molecule has 156 valence electrons. The van der Waals surface area contributed by atoms with E-state index in [2.05, 4.69) is 11.9 Å². The number of alkyl halides is 3. The maximum Gasteiger partial charge on any atom is 0.431 e. The van der Waals surface area contributed by atoms with E-state index in [4.69, 9.17) is 4.98 Å². The van der Waals surface area contributed by atoms with Crippen LogP contribution >= 0.6 is 11.8 Å². The molecular formula is C22H21F3N4S. The molecule has 3 aromatic rings. The van der Waals surface area contributed by atoms with Crippen molar-refractivity contribution in [3.63, 3.8) is 0 Å². The van der Waals surface area contributed by atoms with Gasteiger partial charge in [0, 0.05) is 24.6 Å². The summed E-state index contributed by atoms with van der Waals surface area (Å²) >= 11 is 1.64. The summed E-state index contributed by atoms with van der Waals surface area (Å²) in [5, 5.41) is 0. The number of pyridine rings is 1. The smallest absolute Gasteiger partial charge is 0.365 e. The number of imidazole rings is 1. The van der Waals surface area contributed by atoms with Crippen molar-refractivity contribution in [3.8, 4) is 22.8 Å². The van der Waals surface area contributed by atoms with Gasteiger partial charge in [-0.05, 0) is 24.0 Å². The number of thioether (sulfide) groups is 1. The summed E-state index contributed by atoms with van der Waals surface area (Å²) in [7, 11) is 3.28. The Morgan fingerprint density at radius 2 is 1.77 bits per heavy atom. The number of fused-ring (bicyclic) bond motifs is 1. The van der Waals surface area contributed by atoms with Crippen molar-refractivity contribution in [2.45, 2.75) is 24.5 Å². The Kier molecular flexibility index (Phi) is 5.36. The lowest BCUT2D eigenvalue weighted by Gasteiger charge is -2.27. The summed E-state index contributed by atoms with van der Waals surface area (Å²) in [6.07, 6.45) is -3.30. The topological polar surface area (TPSA) is 34.0 Å². The molecule has 0 spiro atoms. The fraction of sp³-hybridized carbons (Fsp3) is 0.273. The third-order valence-electron chi connectivity index (χ3n) is 5.05. The van der Waals surface area contributed by atoms with E-state index in [1.165, 1.54) is 11.9 Å². The van der Waals surface area contributed by atoms with Gasteiger partial charge in [0.2, 0.25) is 0 Å². The molecule has 0 atom stereocenters. The molecule has 0 bridgehead atoms. The summed E-state index contributed by atoms with van der Waals surface area (Å²) in [6, 6.07) is 13.8. The first kappa shape index (κ1) is 20.5. The molecule has 4 rings (SSSR count). The fourth-order valence-electron chi connectivity index (χ4n) is 3.56. The van der Waals surface area contributed by atoms with Crippen molar-refractivity contribution in [2.24, 2.45) is 7.05 Å². The van der Waals surface area contributed by atoms with Crippen molar-refractivity contribution in [2.75, 3.05) is 12.8 Å². The maximum absolute atomic E-state index is 13.4. The van der Waals surface area contributed by atoms with Crippen LogP contribution in [0.1, 0.15) is 18.3 Å². The Hall–Kier alpha value is -2.74. The van der Waals surface area contributed by atoms with Crippen LogP contribution < -0.4 is 0 Å². The summed E-state index contributed by atoms with van der Waals surface area (Å²) in [6.45, 7) is 2.19. The number of nitrogens with zero attached hydrogens (tertiary/aromatic N) is 4. The quantitative estimate of drug-likeness (QED) is 0.504. The van der Waals surface area contributed by atoms with Crippen LogP contribution in [0, 0.1) is 0 Å². The highest BCUT2D eigenvalue weighted by Crippen LogP contribution is 2.37. The minimum atomic E-state index is -4.42. The Bertz CT molecular complexity index is 1100. The number of allylic oxidation sites excluding steroid dienone is 1. The van der Waals surface area contributed by atoms with Gasteiger partial charge in [0.1, 0.15) is 11.4 Å². The molecule has 2 aromatic heterocycles. The summed E-state index contributed by atoms with van der Waals surface area (Å²) in [5.41, 5.74) is 2.86. The van der Waals surface area contributed by atoms with Crippen LogP contribution in [-0.2, 0) is 13.6 Å². The number of benzene rings is 1. The standard InChI is InChI=1S/C22H21F3N4S/c1-4-30-18-11-10-15(14-8-6-5-7-9-14)26-20(18)21-27-16-12-19(22(23,24)25)28(2)13-17(16)29(21)3/h5-12H,4,13H2,1-3H3. The van der Waals surface area contributed by atoms with Crippen LogP contribution in [0.25, 0.3) is 28.9 Å². The highest BCUT2D eigenvalue weighted by Gasteiger charge is 2.39. The van der Waals surface area contributed by atoms with Crippen molar-refractivity contribution >= 4 is 17.8 Å². The predicted molar refractivity (Wildman–Crippen MR) is 114 cm³/mol. The van der Waals surface area contributed by atoms with E-state index < -0.39 is 11.9 Å². The van der Waals surface area contributed by atoms with Gasteiger partial charge >= 0.3 is 6.18 Å². The zero-order valence-corrected chi connectivity index (χ0v) is 17.7. The number of hydrogen-bond acceptors (Lipinski definition) is 4. The molecular weight excluding hydrogens is 409 g/mol. The fourth-order valence-corrected chi connectivity index (χ4v) is 4.31. The molecule has 0 radical (unpaired) electrons. The van der Waals surface area contributed by atoms with Gasteiger partial charge in [-0.1, -0.05) is 37.3 Å². The second-order valence-electron chi connectivity index (χ2n) is 7.05. The van der Waals surface area contributed by atoms with Crippen LogP contribution in [0.15, 0.2) is 53.1 Å². The molecule has 8 heteroatoms. The molecule has 0 N–H and O–H groups in total. The number of aromatic nitrogens is 3. The minimum Gasteiger partial charge on any atom is -0.365 e. The first-order valence-electron chi connectivity index (χ1n) is 9.55. The van der Waals surface area contributed by atoms with Gasteiger partial charge in [0.25, 0.3) is 0 Å². The Balaban J connectivity index is 1.86. The normalized spacial score (nSPS) is 13.9. The number of rotatable bonds is 4. The van der Waals surface area contributed by atoms with Gasteiger partial charge in [-0.2, -0.15) is 13.2 Å². The van der Waals surface area contributed by atoms with Crippen molar-refractivity contribution < 1.29 is 13.2 Å². The van der Waals surface area contributed by atoms with Gasteiger partial charge in [0.15, 0.2) is 5.82 Å². The second kappa shape index (κ2) is 7.83. The molecule has 0 saturated carbocycles. The van der Waals surface area contributed by atoms with E-state index in [0.717, 1.165) is 33.7 Å².